The Labute approximate surface area is 189 Å². The van der Waals surface area contributed by atoms with Crippen LogP contribution in [0.2, 0.25) is 0 Å². The molecule has 6 nitrogen and oxygen atoms in total. The van der Waals surface area contributed by atoms with Crippen LogP contribution in [0.4, 0.5) is 5.69 Å². The monoisotopic (exact) mass is 455 g/mol. The fourth-order valence-corrected chi connectivity index (χ4v) is 6.07. The molecule has 0 saturated carbocycles. The number of ether oxygens (including phenoxy) is 1. The Kier molecular flexibility index (Phi) is 6.48. The molecule has 0 radical (unpaired) electrons. The van der Waals surface area contributed by atoms with Crippen molar-refractivity contribution in [3.63, 3.8) is 0 Å². The molecule has 0 unspecified atom stereocenters. The Morgan fingerprint density at radius 2 is 2.32 bits per heavy atom. The molecule has 4 rings (SSSR count). The maximum atomic E-state index is 13.3. The molecule has 1 N–H and O–H groups in total. The number of hydrogen-bond donors (Lipinski definition) is 1. The van der Waals surface area contributed by atoms with Crippen molar-refractivity contribution < 1.29 is 9.53 Å². The molecule has 0 spiro atoms. The van der Waals surface area contributed by atoms with Crippen molar-refractivity contribution in [3.8, 4) is 5.75 Å². The van der Waals surface area contributed by atoms with Gasteiger partial charge >= 0.3 is 0 Å². The lowest BCUT2D eigenvalue weighted by Crippen LogP contribution is -2.24. The average molecular weight is 456 g/mol. The van der Waals surface area contributed by atoms with Crippen LogP contribution >= 0.6 is 23.1 Å². The molecule has 8 heteroatoms. The summed E-state index contributed by atoms with van der Waals surface area (Å²) in [6.45, 7) is 6.40. The van der Waals surface area contributed by atoms with E-state index in [1.165, 1.54) is 22.2 Å². The van der Waals surface area contributed by atoms with Crippen LogP contribution in [0.3, 0.4) is 0 Å². The van der Waals surface area contributed by atoms with Gasteiger partial charge in [-0.05, 0) is 42.9 Å². The van der Waals surface area contributed by atoms with Gasteiger partial charge in [-0.2, -0.15) is 0 Å². The predicted molar refractivity (Wildman–Crippen MR) is 128 cm³/mol. The van der Waals surface area contributed by atoms with Crippen molar-refractivity contribution in [2.24, 2.45) is 5.92 Å². The molecule has 0 saturated heterocycles. The van der Waals surface area contributed by atoms with Gasteiger partial charge < -0.3 is 10.1 Å². The van der Waals surface area contributed by atoms with Gasteiger partial charge in [0.05, 0.1) is 18.2 Å². The van der Waals surface area contributed by atoms with Crippen LogP contribution in [0.1, 0.15) is 23.8 Å². The first kappa shape index (κ1) is 21.6. The number of fused-ring (bicyclic) bond motifs is 3. The van der Waals surface area contributed by atoms with Crippen LogP contribution in [0.5, 0.6) is 5.75 Å². The van der Waals surface area contributed by atoms with Crippen LogP contribution in [0, 0.1) is 5.92 Å². The third kappa shape index (κ3) is 4.55. The van der Waals surface area contributed by atoms with E-state index >= 15 is 0 Å². The number of nitrogens with zero attached hydrogens (tertiary/aromatic N) is 2. The van der Waals surface area contributed by atoms with Gasteiger partial charge in [0, 0.05) is 23.2 Å². The van der Waals surface area contributed by atoms with Crippen molar-refractivity contribution in [3.05, 3.63) is 57.7 Å². The molecule has 1 aliphatic carbocycles. The third-order valence-corrected chi connectivity index (χ3v) is 7.50. The Hall–Kier alpha value is -2.58. The van der Waals surface area contributed by atoms with Crippen molar-refractivity contribution in [1.29, 1.82) is 0 Å². The van der Waals surface area contributed by atoms with Gasteiger partial charge in [-0.3, -0.25) is 14.2 Å². The normalized spacial score (nSPS) is 15.5. The van der Waals surface area contributed by atoms with E-state index < -0.39 is 0 Å². The number of thioether (sulfide) groups is 1. The van der Waals surface area contributed by atoms with Gasteiger partial charge in [-0.1, -0.05) is 30.8 Å². The smallest absolute Gasteiger partial charge is 0.263 e. The molecule has 1 aromatic carbocycles. The second-order valence-corrected chi connectivity index (χ2v) is 9.73. The molecule has 1 aliphatic rings. The van der Waals surface area contributed by atoms with Crippen molar-refractivity contribution in [1.82, 2.24) is 9.55 Å². The number of amides is 1. The molecule has 162 valence electrons. The van der Waals surface area contributed by atoms with Gasteiger partial charge in [0.2, 0.25) is 5.91 Å². The Morgan fingerprint density at radius 3 is 3.10 bits per heavy atom. The highest BCUT2D eigenvalue weighted by atomic mass is 32.2. The van der Waals surface area contributed by atoms with Crippen LogP contribution in [-0.4, -0.2) is 28.3 Å². The first-order valence-electron chi connectivity index (χ1n) is 10.2. The van der Waals surface area contributed by atoms with E-state index in [1.807, 2.05) is 12.1 Å². The molecule has 2 heterocycles. The van der Waals surface area contributed by atoms with E-state index in [0.29, 0.717) is 29.1 Å². The van der Waals surface area contributed by atoms with Crippen LogP contribution in [0.25, 0.3) is 10.2 Å². The van der Waals surface area contributed by atoms with E-state index in [2.05, 4.69) is 18.8 Å². The summed E-state index contributed by atoms with van der Waals surface area (Å²) < 4.78 is 6.82. The largest absolute Gasteiger partial charge is 0.497 e. The van der Waals surface area contributed by atoms with Crippen molar-refractivity contribution in [2.75, 3.05) is 18.2 Å². The molecule has 31 heavy (non-hydrogen) atoms. The summed E-state index contributed by atoms with van der Waals surface area (Å²) >= 11 is 2.89. The quantitative estimate of drug-likeness (QED) is 0.322. The highest BCUT2D eigenvalue weighted by Crippen LogP contribution is 2.36. The van der Waals surface area contributed by atoms with Crippen LogP contribution in [-0.2, 0) is 24.2 Å². The topological polar surface area (TPSA) is 73.2 Å². The van der Waals surface area contributed by atoms with Gasteiger partial charge in [-0.15, -0.1) is 17.9 Å². The van der Waals surface area contributed by atoms with E-state index in [0.717, 1.165) is 29.5 Å². The highest BCUT2D eigenvalue weighted by molar-refractivity contribution is 7.99. The molecule has 0 aliphatic heterocycles. The Morgan fingerprint density at radius 1 is 1.48 bits per heavy atom. The van der Waals surface area contributed by atoms with Crippen LogP contribution in [0.15, 0.2) is 46.9 Å². The molecule has 2 aromatic heterocycles. The fourth-order valence-electron chi connectivity index (χ4n) is 3.83. The van der Waals surface area contributed by atoms with Crippen molar-refractivity contribution in [2.45, 2.75) is 37.9 Å². The zero-order chi connectivity index (χ0) is 22.0. The first-order valence-corrected chi connectivity index (χ1v) is 12.0. The number of thiophene rings is 1. The lowest BCUT2D eigenvalue weighted by molar-refractivity contribution is -0.113. The van der Waals surface area contributed by atoms with Crippen LogP contribution < -0.4 is 15.6 Å². The summed E-state index contributed by atoms with van der Waals surface area (Å²) in [7, 11) is 1.58. The maximum Gasteiger partial charge on any atom is 0.263 e. The number of methoxy groups -OCH3 is 1. The number of allylic oxidation sites excluding steroid dienone is 1. The van der Waals surface area contributed by atoms with E-state index in [9.17, 15) is 9.59 Å². The molecule has 1 amide bonds. The number of aryl methyl sites for hydroxylation is 1. The molecular weight excluding hydrogens is 430 g/mol. The minimum Gasteiger partial charge on any atom is -0.497 e. The summed E-state index contributed by atoms with van der Waals surface area (Å²) in [6, 6.07) is 7.20. The minimum atomic E-state index is -0.169. The molecule has 3 aromatic rings. The average Bonchev–Trinajstić information content (AvgIpc) is 3.12. The second-order valence-electron chi connectivity index (χ2n) is 7.70. The number of carbonyl (C=O) groups is 1. The van der Waals surface area contributed by atoms with Gasteiger partial charge in [0.25, 0.3) is 5.56 Å². The number of benzene rings is 1. The summed E-state index contributed by atoms with van der Waals surface area (Å²) in [5, 5.41) is 4.16. The summed E-state index contributed by atoms with van der Waals surface area (Å²) in [5.41, 5.74) is 1.80. The predicted octanol–water partition coefficient (Wildman–Crippen LogP) is 4.51. The van der Waals surface area contributed by atoms with E-state index in [1.54, 1.807) is 41.2 Å². The van der Waals surface area contributed by atoms with Crippen molar-refractivity contribution >= 4 is 44.9 Å². The van der Waals surface area contributed by atoms with E-state index in [4.69, 9.17) is 9.72 Å². The Balaban J connectivity index is 1.59. The molecule has 0 fully saturated rings. The van der Waals surface area contributed by atoms with Gasteiger partial charge in [-0.25, -0.2) is 4.98 Å². The SMILES string of the molecule is C=CCn1c(SCC(=O)Nc2cccc(OC)c2)nc2sc3c(c2c1=O)CC[C@@H](C)C3. The summed E-state index contributed by atoms with van der Waals surface area (Å²) in [5.74, 6) is 1.28. The lowest BCUT2D eigenvalue weighted by Gasteiger charge is -2.17. The number of anilines is 1. The summed E-state index contributed by atoms with van der Waals surface area (Å²) in [4.78, 5) is 32.7. The van der Waals surface area contributed by atoms with Gasteiger partial charge in [0.15, 0.2) is 5.16 Å². The molecule has 0 bridgehead atoms. The fraction of sp³-hybridized carbons (Fsp3) is 0.348. The number of aromatic nitrogens is 2. The van der Waals surface area contributed by atoms with E-state index in [-0.39, 0.29) is 17.2 Å². The van der Waals surface area contributed by atoms with Gasteiger partial charge in [0.1, 0.15) is 10.6 Å². The number of rotatable bonds is 7. The first-order chi connectivity index (χ1) is 15.0. The molecule has 1 atom stereocenters. The zero-order valence-electron chi connectivity index (χ0n) is 17.6. The standard InChI is InChI=1S/C23H25N3O3S2/c1-4-10-26-22(28)20-17-9-8-14(2)11-18(17)31-21(20)25-23(26)30-13-19(27)24-15-6-5-7-16(12-15)29-3/h4-7,12,14H,1,8-11,13H2,2-3H3,(H,24,27)/t14-/m1/s1. The maximum absolute atomic E-state index is 13.3. The Bertz CT molecular complexity index is 1200. The highest BCUT2D eigenvalue weighted by Gasteiger charge is 2.24. The number of carbonyl (C=O) groups excluding carboxylic acids is 1. The minimum absolute atomic E-state index is 0.0346. The number of hydrogen-bond acceptors (Lipinski definition) is 6. The number of nitrogens with one attached hydrogen (secondary N) is 1. The second kappa shape index (κ2) is 9.28. The molecular formula is C23H25N3O3S2. The third-order valence-electron chi connectivity index (χ3n) is 5.38. The lowest BCUT2D eigenvalue weighted by atomic mass is 9.89. The zero-order valence-corrected chi connectivity index (χ0v) is 19.3. The summed E-state index contributed by atoms with van der Waals surface area (Å²) in [6.07, 6.45) is 4.72.